The van der Waals surface area contributed by atoms with Gasteiger partial charge in [0.25, 0.3) is 0 Å². The molecule has 9 rings (SSSR count). The van der Waals surface area contributed by atoms with Crippen LogP contribution in [0.15, 0.2) is 144 Å². The maximum atomic E-state index is 14.7. The molecule has 0 saturated carbocycles. The molecule has 0 unspecified atom stereocenters. The van der Waals surface area contributed by atoms with Crippen LogP contribution in [0.1, 0.15) is 78.0 Å². The summed E-state index contributed by atoms with van der Waals surface area (Å²) in [6.45, 7) is 10.5. The number of carbonyl (C=O) groups is 1. The summed E-state index contributed by atoms with van der Waals surface area (Å²) in [6.07, 6.45) is 5.35. The number of aromatic nitrogens is 1. The van der Waals surface area contributed by atoms with Gasteiger partial charge in [0.2, 0.25) is 11.5 Å². The maximum Gasteiger partial charge on any atom is 0.216 e. The van der Waals surface area contributed by atoms with E-state index in [9.17, 15) is 9.90 Å². The third-order valence-electron chi connectivity index (χ3n) is 12.0. The second kappa shape index (κ2) is 12.1. The van der Waals surface area contributed by atoms with Gasteiger partial charge in [-0.2, -0.15) is 4.58 Å². The van der Waals surface area contributed by atoms with E-state index in [-0.39, 0.29) is 22.4 Å². The maximum absolute atomic E-state index is 14.7. The van der Waals surface area contributed by atoms with Crippen molar-refractivity contribution >= 4 is 17.1 Å². The zero-order chi connectivity index (χ0) is 35.8. The number of ketones is 1. The first kappa shape index (κ1) is 32.4. The fraction of sp³-hybridized carbons (Fsp3) is 0.250. The fourth-order valence-corrected chi connectivity index (χ4v) is 9.70. The summed E-state index contributed by atoms with van der Waals surface area (Å²) in [6, 6.07) is 40.5. The van der Waals surface area contributed by atoms with Crippen molar-refractivity contribution in [1.82, 2.24) is 4.57 Å². The summed E-state index contributed by atoms with van der Waals surface area (Å²) in [7, 11) is 0. The zero-order valence-electron chi connectivity index (χ0n) is 30.5. The summed E-state index contributed by atoms with van der Waals surface area (Å²) < 4.78 is 4.61. The minimum atomic E-state index is -0.284. The molecule has 0 radical (unpaired) electrons. The van der Waals surface area contributed by atoms with Crippen LogP contribution in [0.2, 0.25) is 0 Å². The van der Waals surface area contributed by atoms with Gasteiger partial charge >= 0.3 is 0 Å². The van der Waals surface area contributed by atoms with Crippen LogP contribution in [0.25, 0.3) is 5.57 Å². The molecule has 52 heavy (non-hydrogen) atoms. The number of allylic oxidation sites excluding steroid dienone is 4. The van der Waals surface area contributed by atoms with Crippen LogP contribution in [0.4, 0.5) is 0 Å². The first-order valence-corrected chi connectivity index (χ1v) is 18.7. The molecular weight excluding hydrogens is 637 g/mol. The molecule has 0 bridgehead atoms. The summed E-state index contributed by atoms with van der Waals surface area (Å²) in [5, 5.41) is 14.7. The van der Waals surface area contributed by atoms with Gasteiger partial charge in [-0.15, -0.1) is 0 Å². The lowest BCUT2D eigenvalue weighted by molar-refractivity contribution is -0.472. The molecule has 4 heteroatoms. The Bertz CT molecular complexity index is 2410. The number of carbonyl (C=O) groups excluding carboxylic acids is 1. The Morgan fingerprint density at radius 3 is 1.90 bits per heavy atom. The van der Waals surface area contributed by atoms with Crippen LogP contribution in [0, 0.1) is 0 Å². The van der Waals surface area contributed by atoms with Crippen LogP contribution in [-0.4, -0.2) is 27.2 Å². The van der Waals surface area contributed by atoms with Crippen molar-refractivity contribution in [3.63, 3.8) is 0 Å². The highest BCUT2D eigenvalue weighted by Crippen LogP contribution is 2.48. The lowest BCUT2D eigenvalue weighted by Gasteiger charge is -2.36. The monoisotopic (exact) mass is 680 g/mol. The van der Waals surface area contributed by atoms with Gasteiger partial charge in [0.1, 0.15) is 0 Å². The van der Waals surface area contributed by atoms with Crippen molar-refractivity contribution < 1.29 is 14.5 Å². The second-order valence-electron chi connectivity index (χ2n) is 15.9. The molecule has 0 atom stereocenters. The molecule has 0 amide bonds. The van der Waals surface area contributed by atoms with Gasteiger partial charge in [-0.3, -0.25) is 4.79 Å². The molecule has 5 aromatic rings. The van der Waals surface area contributed by atoms with E-state index in [1.165, 1.54) is 55.9 Å². The minimum absolute atomic E-state index is 0.137. The van der Waals surface area contributed by atoms with Gasteiger partial charge < -0.3 is 9.67 Å². The van der Waals surface area contributed by atoms with Crippen molar-refractivity contribution in [3.8, 4) is 0 Å². The Hall–Kier alpha value is -5.48. The average molecular weight is 681 g/mol. The first-order chi connectivity index (χ1) is 25.1. The van der Waals surface area contributed by atoms with E-state index in [0.29, 0.717) is 24.2 Å². The quantitative estimate of drug-likeness (QED) is 0.129. The van der Waals surface area contributed by atoms with Gasteiger partial charge in [0, 0.05) is 47.7 Å². The molecule has 1 aromatic heterocycles. The molecule has 3 aliphatic carbocycles. The van der Waals surface area contributed by atoms with Crippen LogP contribution in [-0.2, 0) is 47.9 Å². The largest absolute Gasteiger partial charge is 0.871 e. The molecule has 0 fully saturated rings. The van der Waals surface area contributed by atoms with E-state index in [1.54, 1.807) is 0 Å². The van der Waals surface area contributed by atoms with Crippen molar-refractivity contribution in [2.75, 3.05) is 6.54 Å². The third kappa shape index (κ3) is 4.95. The predicted octanol–water partition coefficient (Wildman–Crippen LogP) is 8.04. The SMILES string of the molecule is CC1(C)C2=[N+](CCc3ccccc3)/C(=C3\C(=O)C(c4cc5c(n4CCc4ccccc4)C(C)(C)c4ccccc4C5)=C3[O-])C=C2Cc2ccccc21. The lowest BCUT2D eigenvalue weighted by atomic mass is 9.69. The minimum Gasteiger partial charge on any atom is -0.871 e. The van der Waals surface area contributed by atoms with Crippen LogP contribution in [0.5, 0.6) is 0 Å². The number of rotatable bonds is 7. The number of hydrogen-bond donors (Lipinski definition) is 0. The Labute approximate surface area is 306 Å². The number of Topliss-reactive ketones (excluding diaryl/α,β-unsaturated/α-hetero) is 1. The zero-order valence-corrected chi connectivity index (χ0v) is 30.5. The lowest BCUT2D eigenvalue weighted by Crippen LogP contribution is -2.41. The van der Waals surface area contributed by atoms with Crippen molar-refractivity contribution in [1.29, 1.82) is 0 Å². The van der Waals surface area contributed by atoms with E-state index >= 15 is 0 Å². The number of benzene rings is 4. The number of hydrogen-bond acceptors (Lipinski definition) is 2. The Kier molecular flexibility index (Phi) is 7.52. The summed E-state index contributed by atoms with van der Waals surface area (Å²) in [4.78, 5) is 14.7. The van der Waals surface area contributed by atoms with Crippen LogP contribution < -0.4 is 5.11 Å². The second-order valence-corrected chi connectivity index (χ2v) is 15.9. The molecule has 0 N–H and O–H groups in total. The van der Waals surface area contributed by atoms with E-state index in [4.69, 9.17) is 0 Å². The number of fused-ring (bicyclic) bond motifs is 4. The highest BCUT2D eigenvalue weighted by molar-refractivity contribution is 6.39. The van der Waals surface area contributed by atoms with Gasteiger partial charge in [0.05, 0.1) is 16.7 Å². The van der Waals surface area contributed by atoms with E-state index in [2.05, 4.69) is 146 Å². The highest BCUT2D eigenvalue weighted by atomic mass is 16.3. The van der Waals surface area contributed by atoms with Crippen LogP contribution >= 0.6 is 0 Å². The predicted molar refractivity (Wildman–Crippen MR) is 206 cm³/mol. The molecule has 258 valence electrons. The van der Waals surface area contributed by atoms with Gasteiger partial charge in [-0.05, 0) is 71.7 Å². The number of aryl methyl sites for hydroxylation is 1. The normalized spacial score (nSPS) is 19.5. The molecule has 0 saturated heterocycles. The number of nitrogens with zero attached hydrogens (tertiary/aromatic N) is 2. The molecule has 2 heterocycles. The third-order valence-corrected chi connectivity index (χ3v) is 12.0. The average Bonchev–Trinajstić information content (AvgIpc) is 3.69. The summed E-state index contributed by atoms with van der Waals surface area (Å²) in [5.41, 5.74) is 14.1. The van der Waals surface area contributed by atoms with Crippen LogP contribution in [0.3, 0.4) is 0 Å². The Balaban J connectivity index is 1.19. The van der Waals surface area contributed by atoms with Gasteiger partial charge in [-0.1, -0.05) is 129 Å². The van der Waals surface area contributed by atoms with E-state index in [1.807, 2.05) is 12.1 Å². The summed E-state index contributed by atoms with van der Waals surface area (Å²) in [5.74, 6) is -0.274. The van der Waals surface area contributed by atoms with Crippen molar-refractivity contribution in [3.05, 3.63) is 194 Å². The van der Waals surface area contributed by atoms with Crippen molar-refractivity contribution in [2.24, 2.45) is 0 Å². The first-order valence-electron chi connectivity index (χ1n) is 18.7. The molecule has 1 aliphatic heterocycles. The molecular formula is C48H44N2O2. The van der Waals surface area contributed by atoms with Gasteiger partial charge in [0.15, 0.2) is 12.3 Å². The highest BCUT2D eigenvalue weighted by Gasteiger charge is 2.49. The molecule has 4 aliphatic rings. The smallest absolute Gasteiger partial charge is 0.216 e. The molecule has 4 aromatic carbocycles. The summed E-state index contributed by atoms with van der Waals surface area (Å²) >= 11 is 0. The van der Waals surface area contributed by atoms with E-state index < -0.39 is 0 Å². The Morgan fingerprint density at radius 2 is 1.25 bits per heavy atom. The molecule has 4 nitrogen and oxygen atoms in total. The fourth-order valence-electron chi connectivity index (χ4n) is 9.70. The van der Waals surface area contributed by atoms with Crippen molar-refractivity contribution in [2.45, 2.75) is 70.8 Å². The van der Waals surface area contributed by atoms with Gasteiger partial charge in [-0.25, -0.2) is 0 Å². The standard InChI is InChI=1S/C48H44N2O2/c1-47(2)37-21-13-11-19-33(37)27-35-29-39(49(45(35)47)25-23-31-15-7-5-8-16-31)41-43(51)42(44(41)52)40-30-36-28-34-20-12-14-22-38(34)48(3,4)46(36)50(40)26-24-32-17-9-6-10-18-32/h5-22,29-30H,23-28H2,1-4H3. The topological polar surface area (TPSA) is 48.1 Å². The Morgan fingerprint density at radius 1 is 0.673 bits per heavy atom. The van der Waals surface area contributed by atoms with E-state index in [0.717, 1.165) is 37.1 Å². The molecule has 0 spiro atoms.